The molecule has 0 N–H and O–H groups in total. The Bertz CT molecular complexity index is 1190. The number of halogens is 2. The molecule has 0 saturated heterocycles. The molecule has 0 radical (unpaired) electrons. The topological polar surface area (TPSA) is 37.4 Å². The summed E-state index contributed by atoms with van der Waals surface area (Å²) in [7, 11) is 0. The lowest BCUT2D eigenvalue weighted by molar-refractivity contribution is -0.120. The van der Waals surface area contributed by atoms with Crippen molar-refractivity contribution in [1.29, 1.82) is 0 Å². The van der Waals surface area contributed by atoms with Crippen molar-refractivity contribution in [2.75, 3.05) is 4.90 Å². The van der Waals surface area contributed by atoms with Crippen LogP contribution in [0.2, 0.25) is 0 Å². The first-order valence-corrected chi connectivity index (χ1v) is 9.87. The van der Waals surface area contributed by atoms with Gasteiger partial charge in [0.15, 0.2) is 5.78 Å². The van der Waals surface area contributed by atoms with Crippen LogP contribution in [-0.4, -0.2) is 11.7 Å². The Morgan fingerprint density at radius 1 is 1.03 bits per heavy atom. The molecule has 3 aromatic rings. The molecule has 2 aliphatic rings. The second-order valence-corrected chi connectivity index (χ2v) is 8.09. The standard InChI is InChI=1S/C25H19F2NO2/c1-15(29)18-7-10-23-21(12-18)25(13-22(25)17-5-8-19(26)9-6-17)24(30)28(23)14-16-3-2-4-20(27)11-16/h2-12,22H,13-14H2,1H3/t22-,25-/m0/s1. The number of fused-ring (bicyclic) bond motifs is 2. The van der Waals surface area contributed by atoms with Crippen LogP contribution in [0.1, 0.15) is 46.3 Å². The average Bonchev–Trinajstić information content (AvgIpc) is 3.44. The molecule has 1 aliphatic heterocycles. The van der Waals surface area contributed by atoms with E-state index in [-0.39, 0.29) is 35.8 Å². The summed E-state index contributed by atoms with van der Waals surface area (Å²) >= 11 is 0. The second-order valence-electron chi connectivity index (χ2n) is 8.09. The van der Waals surface area contributed by atoms with Gasteiger partial charge in [-0.2, -0.15) is 0 Å². The van der Waals surface area contributed by atoms with Crippen molar-refractivity contribution in [2.45, 2.75) is 31.2 Å². The van der Waals surface area contributed by atoms with Gasteiger partial charge in [0.05, 0.1) is 12.0 Å². The first kappa shape index (κ1) is 18.7. The van der Waals surface area contributed by atoms with Crippen LogP contribution in [0, 0.1) is 11.6 Å². The molecule has 2 atom stereocenters. The second kappa shape index (κ2) is 6.59. The summed E-state index contributed by atoms with van der Waals surface area (Å²) in [6, 6.07) is 17.8. The van der Waals surface area contributed by atoms with Crippen LogP contribution in [0.3, 0.4) is 0 Å². The Kier molecular flexibility index (Phi) is 4.10. The summed E-state index contributed by atoms with van der Waals surface area (Å²) in [5, 5.41) is 0. The molecule has 1 saturated carbocycles. The molecule has 0 bridgehead atoms. The summed E-state index contributed by atoms with van der Waals surface area (Å²) in [6.45, 7) is 1.75. The number of hydrogen-bond acceptors (Lipinski definition) is 2. The van der Waals surface area contributed by atoms with Crippen LogP contribution in [0.5, 0.6) is 0 Å². The minimum Gasteiger partial charge on any atom is -0.307 e. The van der Waals surface area contributed by atoms with Gasteiger partial charge in [0, 0.05) is 17.2 Å². The van der Waals surface area contributed by atoms with Crippen molar-refractivity contribution in [3.05, 3.63) is 101 Å². The van der Waals surface area contributed by atoms with Gasteiger partial charge in [-0.25, -0.2) is 8.78 Å². The number of carbonyl (C=O) groups excluding carboxylic acids is 2. The van der Waals surface area contributed by atoms with E-state index in [1.807, 2.05) is 6.07 Å². The summed E-state index contributed by atoms with van der Waals surface area (Å²) in [6.07, 6.45) is 0.603. The summed E-state index contributed by atoms with van der Waals surface area (Å²) in [5.41, 5.74) is 2.96. The van der Waals surface area contributed by atoms with Crippen molar-refractivity contribution in [2.24, 2.45) is 0 Å². The fourth-order valence-corrected chi connectivity index (χ4v) is 4.68. The van der Waals surface area contributed by atoms with Crippen molar-refractivity contribution in [3.63, 3.8) is 0 Å². The minimum absolute atomic E-state index is 0.0585. The fraction of sp³-hybridized carbons (Fsp3) is 0.200. The number of ketones is 1. The Labute approximate surface area is 173 Å². The van der Waals surface area contributed by atoms with Crippen molar-refractivity contribution >= 4 is 17.4 Å². The van der Waals surface area contributed by atoms with Crippen LogP contribution in [0.4, 0.5) is 14.5 Å². The first-order valence-electron chi connectivity index (χ1n) is 9.87. The van der Waals surface area contributed by atoms with Gasteiger partial charge in [0.2, 0.25) is 5.91 Å². The number of carbonyl (C=O) groups is 2. The SMILES string of the molecule is CC(=O)c1ccc2c(c1)[C@]1(C[C@H]1c1ccc(F)cc1)C(=O)N2Cc1cccc(F)c1. The van der Waals surface area contributed by atoms with Gasteiger partial charge >= 0.3 is 0 Å². The molecular weight excluding hydrogens is 384 g/mol. The van der Waals surface area contributed by atoms with Gasteiger partial charge < -0.3 is 4.90 Å². The minimum atomic E-state index is -0.758. The normalized spacial score (nSPS) is 21.8. The average molecular weight is 403 g/mol. The van der Waals surface area contributed by atoms with Crippen molar-refractivity contribution < 1.29 is 18.4 Å². The van der Waals surface area contributed by atoms with Gasteiger partial charge in [-0.05, 0) is 72.5 Å². The Balaban J connectivity index is 1.59. The van der Waals surface area contributed by atoms with Crippen molar-refractivity contribution in [1.82, 2.24) is 0 Å². The number of amides is 1. The molecule has 1 amide bonds. The van der Waals surface area contributed by atoms with Gasteiger partial charge in [-0.15, -0.1) is 0 Å². The van der Waals surface area contributed by atoms with E-state index in [0.29, 0.717) is 17.5 Å². The maximum absolute atomic E-state index is 13.7. The number of benzene rings is 3. The molecule has 1 fully saturated rings. The zero-order valence-electron chi connectivity index (χ0n) is 16.4. The van der Waals surface area contributed by atoms with Gasteiger partial charge in [-0.1, -0.05) is 24.3 Å². The highest BCUT2D eigenvalue weighted by molar-refractivity contribution is 6.12. The number of Topliss-reactive ketones (excluding diaryl/α,β-unsaturated/α-hetero) is 1. The summed E-state index contributed by atoms with van der Waals surface area (Å²) in [5.74, 6) is -0.876. The number of rotatable bonds is 4. The summed E-state index contributed by atoms with van der Waals surface area (Å²) in [4.78, 5) is 27.3. The third-order valence-corrected chi connectivity index (χ3v) is 6.26. The molecule has 1 aliphatic carbocycles. The van der Waals surface area contributed by atoms with E-state index in [2.05, 4.69) is 0 Å². The Morgan fingerprint density at radius 2 is 1.80 bits per heavy atom. The quantitative estimate of drug-likeness (QED) is 0.566. The molecule has 3 nitrogen and oxygen atoms in total. The summed E-state index contributed by atoms with van der Waals surface area (Å²) < 4.78 is 27.1. The number of hydrogen-bond donors (Lipinski definition) is 0. The molecule has 1 spiro atoms. The lowest BCUT2D eigenvalue weighted by Crippen LogP contribution is -2.32. The van der Waals surface area contributed by atoms with E-state index >= 15 is 0 Å². The van der Waals surface area contributed by atoms with Crippen molar-refractivity contribution in [3.8, 4) is 0 Å². The number of nitrogens with zero attached hydrogens (tertiary/aromatic N) is 1. The molecule has 5 heteroatoms. The zero-order chi connectivity index (χ0) is 21.0. The van der Waals surface area contributed by atoms with Crippen LogP contribution in [0.15, 0.2) is 66.7 Å². The molecule has 3 aromatic carbocycles. The monoisotopic (exact) mass is 403 g/mol. The third-order valence-electron chi connectivity index (χ3n) is 6.26. The largest absolute Gasteiger partial charge is 0.307 e. The Hall–Kier alpha value is -3.34. The molecule has 0 aromatic heterocycles. The Morgan fingerprint density at radius 3 is 2.50 bits per heavy atom. The fourth-order valence-electron chi connectivity index (χ4n) is 4.68. The van der Waals surface area contributed by atoms with Gasteiger partial charge in [0.25, 0.3) is 0 Å². The maximum Gasteiger partial charge on any atom is 0.238 e. The highest BCUT2D eigenvalue weighted by Crippen LogP contribution is 2.66. The lowest BCUT2D eigenvalue weighted by atomic mass is 9.90. The molecule has 5 rings (SSSR count). The van der Waals surface area contributed by atoms with E-state index in [1.54, 1.807) is 41.3 Å². The number of anilines is 1. The first-order chi connectivity index (χ1) is 14.4. The van der Waals surface area contributed by atoms with E-state index < -0.39 is 5.41 Å². The molecule has 30 heavy (non-hydrogen) atoms. The molecular formula is C25H19F2NO2. The smallest absolute Gasteiger partial charge is 0.238 e. The van der Waals surface area contributed by atoms with Crippen LogP contribution < -0.4 is 4.90 Å². The predicted molar refractivity (Wildman–Crippen MR) is 109 cm³/mol. The predicted octanol–water partition coefficient (Wildman–Crippen LogP) is 5.14. The van der Waals surface area contributed by atoms with E-state index in [1.165, 1.54) is 31.2 Å². The lowest BCUT2D eigenvalue weighted by Gasteiger charge is -2.18. The van der Waals surface area contributed by atoms with Crippen LogP contribution >= 0.6 is 0 Å². The van der Waals surface area contributed by atoms with Gasteiger partial charge in [0.1, 0.15) is 11.6 Å². The maximum atomic E-state index is 13.7. The highest BCUT2D eigenvalue weighted by Gasteiger charge is 2.67. The molecule has 0 unspecified atom stereocenters. The van der Waals surface area contributed by atoms with Crippen LogP contribution in [-0.2, 0) is 16.8 Å². The zero-order valence-corrected chi connectivity index (χ0v) is 16.4. The molecule has 1 heterocycles. The van der Waals surface area contributed by atoms with E-state index in [9.17, 15) is 18.4 Å². The van der Waals surface area contributed by atoms with E-state index in [4.69, 9.17) is 0 Å². The third kappa shape index (κ3) is 2.76. The molecule has 150 valence electrons. The van der Waals surface area contributed by atoms with E-state index in [0.717, 1.165) is 16.8 Å². The highest BCUT2D eigenvalue weighted by atomic mass is 19.1. The van der Waals surface area contributed by atoms with Gasteiger partial charge in [-0.3, -0.25) is 9.59 Å². The van der Waals surface area contributed by atoms with Crippen LogP contribution in [0.25, 0.3) is 0 Å².